The first-order valence-corrected chi connectivity index (χ1v) is 9.67. The van der Waals surface area contributed by atoms with Crippen molar-refractivity contribution in [3.63, 3.8) is 0 Å². The summed E-state index contributed by atoms with van der Waals surface area (Å²) in [6, 6.07) is 11.7. The normalized spacial score (nSPS) is 12.3. The molecular formula is C18H18ClN7S. The second-order valence-electron chi connectivity index (χ2n) is 6.15. The number of halogens is 1. The van der Waals surface area contributed by atoms with Crippen molar-refractivity contribution in [2.45, 2.75) is 26.4 Å². The fraction of sp³-hybridized carbons (Fsp3) is 0.222. The van der Waals surface area contributed by atoms with Crippen molar-refractivity contribution in [1.29, 1.82) is 0 Å². The van der Waals surface area contributed by atoms with Crippen LogP contribution in [0.3, 0.4) is 0 Å². The van der Waals surface area contributed by atoms with Gasteiger partial charge in [-0.05, 0) is 31.5 Å². The third-order valence-corrected chi connectivity index (χ3v) is 5.58. The van der Waals surface area contributed by atoms with Gasteiger partial charge in [0.2, 0.25) is 5.13 Å². The van der Waals surface area contributed by atoms with Crippen LogP contribution in [0.25, 0.3) is 0 Å². The highest BCUT2D eigenvalue weighted by atomic mass is 35.5. The van der Waals surface area contributed by atoms with Gasteiger partial charge in [0.05, 0.1) is 6.54 Å². The van der Waals surface area contributed by atoms with Crippen LogP contribution in [0.15, 0.2) is 48.8 Å². The van der Waals surface area contributed by atoms with E-state index in [1.807, 2.05) is 58.9 Å². The fourth-order valence-electron chi connectivity index (χ4n) is 2.77. The largest absolute Gasteiger partial charge is 0.313 e. The zero-order valence-electron chi connectivity index (χ0n) is 14.9. The Bertz CT molecular complexity index is 1050. The molecule has 0 fully saturated rings. The molecule has 3 aromatic heterocycles. The first-order valence-electron chi connectivity index (χ1n) is 8.47. The van der Waals surface area contributed by atoms with Crippen LogP contribution in [-0.2, 0) is 6.54 Å². The Morgan fingerprint density at radius 2 is 2.04 bits per heavy atom. The van der Waals surface area contributed by atoms with Gasteiger partial charge in [0.1, 0.15) is 11.0 Å². The SMILES string of the molecule is Cc1ccnn1C(C)c1nnc(Nc2ccn(Cc3ccccc3Cl)n2)s1. The summed E-state index contributed by atoms with van der Waals surface area (Å²) in [5.74, 6) is 0.715. The molecule has 0 aliphatic heterocycles. The molecule has 138 valence electrons. The molecule has 1 atom stereocenters. The molecule has 9 heteroatoms. The summed E-state index contributed by atoms with van der Waals surface area (Å²) in [6.45, 7) is 4.69. The molecule has 0 aliphatic carbocycles. The number of hydrogen-bond donors (Lipinski definition) is 1. The van der Waals surface area contributed by atoms with Crippen LogP contribution in [0.1, 0.15) is 29.2 Å². The molecule has 1 unspecified atom stereocenters. The number of rotatable bonds is 6. The van der Waals surface area contributed by atoms with Crippen LogP contribution in [0, 0.1) is 6.92 Å². The Morgan fingerprint density at radius 1 is 1.19 bits per heavy atom. The van der Waals surface area contributed by atoms with E-state index in [9.17, 15) is 0 Å². The molecule has 3 heterocycles. The predicted molar refractivity (Wildman–Crippen MR) is 107 cm³/mol. The molecule has 1 N–H and O–H groups in total. The van der Waals surface area contributed by atoms with E-state index in [0.29, 0.717) is 17.5 Å². The number of nitrogens with zero attached hydrogens (tertiary/aromatic N) is 6. The summed E-state index contributed by atoms with van der Waals surface area (Å²) >= 11 is 7.71. The highest BCUT2D eigenvalue weighted by Crippen LogP contribution is 2.26. The van der Waals surface area contributed by atoms with Crippen LogP contribution < -0.4 is 5.32 Å². The lowest BCUT2D eigenvalue weighted by Crippen LogP contribution is -2.09. The maximum Gasteiger partial charge on any atom is 0.211 e. The maximum absolute atomic E-state index is 6.22. The smallest absolute Gasteiger partial charge is 0.211 e. The minimum atomic E-state index is 0.0332. The summed E-state index contributed by atoms with van der Waals surface area (Å²) in [7, 11) is 0. The Labute approximate surface area is 165 Å². The molecule has 0 spiro atoms. The van der Waals surface area contributed by atoms with E-state index >= 15 is 0 Å². The van der Waals surface area contributed by atoms with Crippen LogP contribution in [-0.4, -0.2) is 29.8 Å². The summed E-state index contributed by atoms with van der Waals surface area (Å²) in [5, 5.41) is 22.9. The number of benzene rings is 1. The Balaban J connectivity index is 1.45. The number of aromatic nitrogens is 6. The average Bonchev–Trinajstić information content (AvgIpc) is 3.39. The number of hydrogen-bond acceptors (Lipinski definition) is 6. The van der Waals surface area contributed by atoms with Gasteiger partial charge in [-0.1, -0.05) is 41.1 Å². The van der Waals surface area contributed by atoms with E-state index in [-0.39, 0.29) is 6.04 Å². The monoisotopic (exact) mass is 399 g/mol. The van der Waals surface area contributed by atoms with Crippen LogP contribution in [0.4, 0.5) is 10.9 Å². The van der Waals surface area contributed by atoms with Crippen molar-refractivity contribution in [2.24, 2.45) is 0 Å². The number of anilines is 2. The third kappa shape index (κ3) is 3.86. The van der Waals surface area contributed by atoms with Crippen molar-refractivity contribution < 1.29 is 0 Å². The highest BCUT2D eigenvalue weighted by Gasteiger charge is 2.16. The summed E-state index contributed by atoms with van der Waals surface area (Å²) in [6.07, 6.45) is 3.70. The molecule has 27 heavy (non-hydrogen) atoms. The van der Waals surface area contributed by atoms with E-state index in [1.54, 1.807) is 6.20 Å². The summed E-state index contributed by atoms with van der Waals surface area (Å²) < 4.78 is 3.77. The molecule has 4 aromatic rings. The van der Waals surface area contributed by atoms with Gasteiger partial charge >= 0.3 is 0 Å². The zero-order valence-corrected chi connectivity index (χ0v) is 16.4. The van der Waals surface area contributed by atoms with E-state index in [1.165, 1.54) is 11.3 Å². The molecule has 0 amide bonds. The van der Waals surface area contributed by atoms with Crippen LogP contribution in [0.2, 0.25) is 5.02 Å². The van der Waals surface area contributed by atoms with E-state index in [0.717, 1.165) is 21.3 Å². The molecule has 0 bridgehead atoms. The number of aryl methyl sites for hydroxylation is 1. The molecule has 4 rings (SSSR count). The molecule has 7 nitrogen and oxygen atoms in total. The summed E-state index contributed by atoms with van der Waals surface area (Å²) in [5.41, 5.74) is 2.11. The van der Waals surface area contributed by atoms with Gasteiger partial charge in [-0.15, -0.1) is 10.2 Å². The van der Waals surface area contributed by atoms with Crippen molar-refractivity contribution >= 4 is 33.9 Å². The zero-order chi connectivity index (χ0) is 18.8. The van der Waals surface area contributed by atoms with Gasteiger partial charge in [0.15, 0.2) is 5.82 Å². The molecule has 0 saturated heterocycles. The van der Waals surface area contributed by atoms with Crippen LogP contribution in [0.5, 0.6) is 0 Å². The van der Waals surface area contributed by atoms with Gasteiger partial charge in [0, 0.05) is 29.2 Å². The van der Waals surface area contributed by atoms with Crippen molar-refractivity contribution in [3.05, 3.63) is 70.1 Å². The molecule has 0 radical (unpaired) electrons. The Kier molecular flexibility index (Phi) is 4.91. The van der Waals surface area contributed by atoms with Crippen molar-refractivity contribution in [3.8, 4) is 0 Å². The van der Waals surface area contributed by atoms with Gasteiger partial charge in [-0.2, -0.15) is 10.2 Å². The maximum atomic E-state index is 6.22. The highest BCUT2D eigenvalue weighted by molar-refractivity contribution is 7.15. The van der Waals surface area contributed by atoms with Gasteiger partial charge in [-0.25, -0.2) is 0 Å². The Hall–Kier alpha value is -2.71. The first-order chi connectivity index (χ1) is 13.1. The van der Waals surface area contributed by atoms with Crippen molar-refractivity contribution in [1.82, 2.24) is 29.8 Å². The Morgan fingerprint density at radius 3 is 2.81 bits per heavy atom. The van der Waals surface area contributed by atoms with Gasteiger partial charge in [0.25, 0.3) is 0 Å². The van der Waals surface area contributed by atoms with E-state index in [4.69, 9.17) is 11.6 Å². The number of nitrogens with one attached hydrogen (secondary N) is 1. The first kappa shape index (κ1) is 17.7. The molecule has 1 aromatic carbocycles. The lowest BCUT2D eigenvalue weighted by atomic mass is 10.2. The third-order valence-electron chi connectivity index (χ3n) is 4.20. The lowest BCUT2D eigenvalue weighted by molar-refractivity contribution is 0.543. The molecular weight excluding hydrogens is 382 g/mol. The van der Waals surface area contributed by atoms with Gasteiger partial charge < -0.3 is 5.32 Å². The van der Waals surface area contributed by atoms with Crippen molar-refractivity contribution in [2.75, 3.05) is 5.32 Å². The summed E-state index contributed by atoms with van der Waals surface area (Å²) in [4.78, 5) is 0. The second kappa shape index (κ2) is 7.50. The quantitative estimate of drug-likeness (QED) is 0.523. The second-order valence-corrected chi connectivity index (χ2v) is 7.57. The van der Waals surface area contributed by atoms with Crippen LogP contribution >= 0.6 is 22.9 Å². The molecule has 0 aliphatic rings. The predicted octanol–water partition coefficient (Wildman–Crippen LogP) is 4.29. The average molecular weight is 400 g/mol. The topological polar surface area (TPSA) is 73.5 Å². The standard InChI is InChI=1S/C18H18ClN7S/c1-12-7-9-20-26(12)13(2)17-22-23-18(27-17)21-16-8-10-25(24-16)11-14-5-3-4-6-15(14)19/h3-10,13H,11H2,1-2H3,(H,21,23,24). The minimum absolute atomic E-state index is 0.0332. The van der Waals surface area contributed by atoms with Gasteiger partial charge in [-0.3, -0.25) is 9.36 Å². The fourth-order valence-corrected chi connectivity index (χ4v) is 3.75. The van der Waals surface area contributed by atoms with E-state index < -0.39 is 0 Å². The molecule has 0 saturated carbocycles. The minimum Gasteiger partial charge on any atom is -0.313 e. The van der Waals surface area contributed by atoms with E-state index in [2.05, 4.69) is 32.6 Å². The lowest BCUT2D eigenvalue weighted by Gasteiger charge is -2.10.